The van der Waals surface area contributed by atoms with Gasteiger partial charge in [0.2, 0.25) is 5.76 Å². The predicted molar refractivity (Wildman–Crippen MR) is 27.3 cm³/mol. The fraction of sp³-hybridized carbons (Fsp3) is 0. The van der Waals surface area contributed by atoms with Crippen LogP contribution in [0, 0.1) is 6.01 Å². The van der Waals surface area contributed by atoms with Crippen LogP contribution in [-0.4, -0.2) is 0 Å². The molecule has 0 aliphatic carbocycles. The van der Waals surface area contributed by atoms with Crippen LogP contribution in [-0.2, 0) is 0 Å². The number of rotatable bonds is 1. The summed E-state index contributed by atoms with van der Waals surface area (Å²) >= 11 is 0. The zero-order chi connectivity index (χ0) is 6.85. The normalized spacial score (nSPS) is 9.44. The topological polar surface area (TPSA) is 43.4 Å². The first-order valence-electron chi connectivity index (χ1n) is 2.16. The van der Waals surface area contributed by atoms with Crippen LogP contribution in [0.15, 0.2) is 20.2 Å². The molecule has 48 valence electrons. The molecule has 0 fully saturated rings. The molecule has 3 nitrogen and oxygen atoms in total. The van der Waals surface area contributed by atoms with Crippen molar-refractivity contribution in [2.24, 2.45) is 0 Å². The SMILES string of the molecule is C=Cc1oc(=O)oc1F. The molecule has 0 aliphatic rings. The molecule has 0 amide bonds. The van der Waals surface area contributed by atoms with Crippen molar-refractivity contribution in [3.05, 3.63) is 29.0 Å². The summed E-state index contributed by atoms with van der Waals surface area (Å²) in [6.45, 7) is 3.17. The Morgan fingerprint density at radius 1 is 1.56 bits per heavy atom. The van der Waals surface area contributed by atoms with Gasteiger partial charge in [-0.15, -0.1) is 0 Å². The Morgan fingerprint density at radius 3 is 2.44 bits per heavy atom. The van der Waals surface area contributed by atoms with Crippen molar-refractivity contribution in [2.45, 2.75) is 0 Å². The molecular formula is C5H3FO3. The molecular weight excluding hydrogens is 127 g/mol. The first-order chi connectivity index (χ1) is 4.24. The highest BCUT2D eigenvalue weighted by Gasteiger charge is 2.06. The van der Waals surface area contributed by atoms with Crippen molar-refractivity contribution >= 4 is 6.08 Å². The van der Waals surface area contributed by atoms with Gasteiger partial charge in [-0.2, -0.15) is 4.39 Å². The maximum absolute atomic E-state index is 12.1. The van der Waals surface area contributed by atoms with E-state index in [1.807, 2.05) is 0 Å². The highest BCUT2D eigenvalue weighted by molar-refractivity contribution is 5.36. The average molecular weight is 130 g/mol. The molecule has 1 rings (SSSR count). The standard InChI is InChI=1S/C5H3FO3/c1-2-3-4(6)9-5(7)8-3/h2H,1H2. The summed E-state index contributed by atoms with van der Waals surface area (Å²) in [5, 5.41) is 0. The van der Waals surface area contributed by atoms with Gasteiger partial charge in [-0.1, -0.05) is 6.58 Å². The summed E-state index contributed by atoms with van der Waals surface area (Å²) in [6.07, 6.45) is 1.06. The molecule has 0 aromatic carbocycles. The lowest BCUT2D eigenvalue weighted by Crippen LogP contribution is -1.85. The summed E-state index contributed by atoms with van der Waals surface area (Å²) in [7, 11) is 0. The number of hydrogen-bond donors (Lipinski definition) is 0. The van der Waals surface area contributed by atoms with Gasteiger partial charge in [0.25, 0.3) is 0 Å². The predicted octanol–water partition coefficient (Wildman–Crippen LogP) is 1.01. The van der Waals surface area contributed by atoms with E-state index in [4.69, 9.17) is 0 Å². The summed E-state index contributed by atoms with van der Waals surface area (Å²) in [6, 6.07) is -1.03. The van der Waals surface area contributed by atoms with Gasteiger partial charge in [-0.25, -0.2) is 4.79 Å². The fourth-order valence-electron chi connectivity index (χ4n) is 0.396. The van der Waals surface area contributed by atoms with E-state index in [-0.39, 0.29) is 5.76 Å². The van der Waals surface area contributed by atoms with Crippen LogP contribution in [0.25, 0.3) is 6.08 Å². The molecule has 9 heavy (non-hydrogen) atoms. The molecule has 0 N–H and O–H groups in total. The van der Waals surface area contributed by atoms with Crippen molar-refractivity contribution in [1.29, 1.82) is 0 Å². The number of halogens is 1. The smallest absolute Gasteiger partial charge is 0.388 e. The van der Waals surface area contributed by atoms with E-state index in [1.165, 1.54) is 0 Å². The molecule has 1 heterocycles. The Balaban J connectivity index is 3.31. The summed E-state index contributed by atoms with van der Waals surface area (Å²) < 4.78 is 20.1. The fourth-order valence-corrected chi connectivity index (χ4v) is 0.396. The van der Waals surface area contributed by atoms with Crippen LogP contribution < -0.4 is 5.82 Å². The van der Waals surface area contributed by atoms with Crippen molar-refractivity contribution in [1.82, 2.24) is 0 Å². The molecule has 0 atom stereocenters. The molecule has 0 radical (unpaired) electrons. The van der Waals surface area contributed by atoms with Gasteiger partial charge in [0.05, 0.1) is 0 Å². The minimum atomic E-state index is -1.05. The quantitative estimate of drug-likeness (QED) is 0.569. The average Bonchev–Trinajstić information content (AvgIpc) is 2.10. The molecule has 0 spiro atoms. The maximum atomic E-state index is 12.1. The van der Waals surface area contributed by atoms with Gasteiger partial charge >= 0.3 is 11.8 Å². The van der Waals surface area contributed by atoms with E-state index in [0.29, 0.717) is 0 Å². The summed E-state index contributed by atoms with van der Waals surface area (Å²) in [5.41, 5.74) is 0. The van der Waals surface area contributed by atoms with Crippen LogP contribution in [0.5, 0.6) is 0 Å². The van der Waals surface area contributed by atoms with Crippen molar-refractivity contribution < 1.29 is 13.2 Å². The van der Waals surface area contributed by atoms with Gasteiger partial charge in [-0.05, 0) is 6.08 Å². The third kappa shape index (κ3) is 0.910. The molecule has 4 heteroatoms. The van der Waals surface area contributed by atoms with Gasteiger partial charge in [0.15, 0.2) is 0 Å². The van der Waals surface area contributed by atoms with Crippen molar-refractivity contribution in [3.8, 4) is 0 Å². The van der Waals surface area contributed by atoms with E-state index in [2.05, 4.69) is 15.4 Å². The lowest BCUT2D eigenvalue weighted by atomic mass is 10.5. The molecule has 0 unspecified atom stereocenters. The van der Waals surface area contributed by atoms with Crippen LogP contribution in [0.2, 0.25) is 0 Å². The molecule has 0 bridgehead atoms. The van der Waals surface area contributed by atoms with Gasteiger partial charge in [-0.3, -0.25) is 0 Å². The Bertz CT molecular complexity index is 270. The van der Waals surface area contributed by atoms with Crippen molar-refractivity contribution in [3.63, 3.8) is 0 Å². The number of hydrogen-bond acceptors (Lipinski definition) is 3. The minimum absolute atomic E-state index is 0.264. The monoisotopic (exact) mass is 130 g/mol. The lowest BCUT2D eigenvalue weighted by molar-refractivity contribution is 0.312. The van der Waals surface area contributed by atoms with E-state index < -0.39 is 11.8 Å². The Morgan fingerprint density at radius 2 is 2.22 bits per heavy atom. The highest BCUT2D eigenvalue weighted by atomic mass is 19.1. The second kappa shape index (κ2) is 1.89. The van der Waals surface area contributed by atoms with Crippen molar-refractivity contribution in [2.75, 3.05) is 0 Å². The molecule has 1 aromatic heterocycles. The van der Waals surface area contributed by atoms with Gasteiger partial charge in [0.1, 0.15) is 0 Å². The lowest BCUT2D eigenvalue weighted by Gasteiger charge is -1.73. The first-order valence-corrected chi connectivity index (χ1v) is 2.16. The Labute approximate surface area is 49.4 Å². The second-order valence-electron chi connectivity index (χ2n) is 1.30. The zero-order valence-corrected chi connectivity index (χ0v) is 4.39. The summed E-state index contributed by atoms with van der Waals surface area (Å²) in [4.78, 5) is 10.0. The zero-order valence-electron chi connectivity index (χ0n) is 4.39. The van der Waals surface area contributed by atoms with Gasteiger partial charge in [0, 0.05) is 0 Å². The minimum Gasteiger partial charge on any atom is -0.388 e. The Kier molecular flexibility index (Phi) is 1.22. The van der Waals surface area contributed by atoms with Crippen LogP contribution in [0.3, 0.4) is 0 Å². The van der Waals surface area contributed by atoms with E-state index in [1.54, 1.807) is 0 Å². The molecule has 0 saturated carbocycles. The molecule has 1 aromatic rings. The van der Waals surface area contributed by atoms with Crippen LogP contribution in [0.1, 0.15) is 5.76 Å². The van der Waals surface area contributed by atoms with E-state index >= 15 is 0 Å². The first kappa shape index (κ1) is 5.81. The van der Waals surface area contributed by atoms with E-state index in [9.17, 15) is 9.18 Å². The third-order valence-electron chi connectivity index (χ3n) is 0.745. The third-order valence-corrected chi connectivity index (χ3v) is 0.745. The molecule has 0 aliphatic heterocycles. The summed E-state index contributed by atoms with van der Waals surface area (Å²) in [5.74, 6) is -1.32. The van der Waals surface area contributed by atoms with Crippen LogP contribution >= 0.6 is 0 Å². The highest BCUT2D eigenvalue weighted by Crippen LogP contribution is 2.03. The second-order valence-corrected chi connectivity index (χ2v) is 1.30. The maximum Gasteiger partial charge on any atom is 0.521 e. The van der Waals surface area contributed by atoms with Crippen LogP contribution in [0.4, 0.5) is 4.39 Å². The molecule has 0 saturated heterocycles. The Hall–Kier alpha value is -1.32. The van der Waals surface area contributed by atoms with Gasteiger partial charge < -0.3 is 8.83 Å². The largest absolute Gasteiger partial charge is 0.521 e. The van der Waals surface area contributed by atoms with E-state index in [0.717, 1.165) is 6.08 Å².